The van der Waals surface area contributed by atoms with Crippen LogP contribution < -0.4 is 10.6 Å². The van der Waals surface area contributed by atoms with E-state index in [2.05, 4.69) is 48.7 Å². The maximum atomic E-state index is 5.93. The van der Waals surface area contributed by atoms with Crippen LogP contribution in [0.1, 0.15) is 13.8 Å². The zero-order chi connectivity index (χ0) is 20.1. The lowest BCUT2D eigenvalue weighted by Gasteiger charge is -2.22. The molecule has 0 bridgehead atoms. The Labute approximate surface area is 172 Å². The summed E-state index contributed by atoms with van der Waals surface area (Å²) in [6.07, 6.45) is 0. The van der Waals surface area contributed by atoms with E-state index in [9.17, 15) is 0 Å². The van der Waals surface area contributed by atoms with E-state index in [0.29, 0.717) is 25.0 Å². The van der Waals surface area contributed by atoms with Gasteiger partial charge in [0.15, 0.2) is 11.8 Å². The van der Waals surface area contributed by atoms with Crippen LogP contribution in [0.4, 0.5) is 11.4 Å². The Morgan fingerprint density at radius 3 is 1.59 bits per heavy atom. The molecule has 0 aliphatic carbocycles. The highest BCUT2D eigenvalue weighted by Crippen LogP contribution is 2.29. The minimum Gasteiger partial charge on any atom is -0.478 e. The molecule has 0 unspecified atom stereocenters. The Morgan fingerprint density at radius 1 is 0.759 bits per heavy atom. The summed E-state index contributed by atoms with van der Waals surface area (Å²) in [5, 5.41) is 6.82. The van der Waals surface area contributed by atoms with Gasteiger partial charge in [-0.2, -0.15) is 0 Å². The minimum absolute atomic E-state index is 0.0852. The summed E-state index contributed by atoms with van der Waals surface area (Å²) in [4.78, 5) is 9.59. The highest BCUT2D eigenvalue weighted by Gasteiger charge is 2.41. The lowest BCUT2D eigenvalue weighted by atomic mass is 9.93. The van der Waals surface area contributed by atoms with E-state index in [0.717, 1.165) is 24.5 Å². The number of hydrogen-bond donors (Lipinski definition) is 2. The van der Waals surface area contributed by atoms with Gasteiger partial charge in [0.05, 0.1) is 0 Å². The zero-order valence-corrected chi connectivity index (χ0v) is 17.0. The third kappa shape index (κ3) is 4.70. The highest BCUT2D eigenvalue weighted by molar-refractivity contribution is 6.05. The lowest BCUT2D eigenvalue weighted by Crippen LogP contribution is -2.34. The Hall–Kier alpha value is -3.02. The van der Waals surface area contributed by atoms with Crippen molar-refractivity contribution in [1.82, 2.24) is 0 Å². The number of aliphatic imine (C=N–C) groups is 2. The Bertz CT molecular complexity index is 793. The summed E-state index contributed by atoms with van der Waals surface area (Å²) in [7, 11) is 0. The number of nitrogens with zero attached hydrogens (tertiary/aromatic N) is 2. The van der Waals surface area contributed by atoms with E-state index in [4.69, 9.17) is 19.5 Å². The van der Waals surface area contributed by atoms with Crippen molar-refractivity contribution in [3.63, 3.8) is 0 Å². The van der Waals surface area contributed by atoms with E-state index in [1.807, 2.05) is 36.4 Å². The van der Waals surface area contributed by atoms with Crippen molar-refractivity contribution < 1.29 is 9.47 Å². The molecule has 2 aliphatic heterocycles. The third-order valence-electron chi connectivity index (χ3n) is 5.13. The predicted octanol–water partition coefficient (Wildman–Crippen LogP) is 3.83. The van der Waals surface area contributed by atoms with Crippen molar-refractivity contribution in [2.45, 2.75) is 25.9 Å². The van der Waals surface area contributed by atoms with E-state index < -0.39 is 5.41 Å². The van der Waals surface area contributed by atoms with Gasteiger partial charge in [0.25, 0.3) is 0 Å². The molecule has 0 amide bonds. The molecule has 0 spiro atoms. The summed E-state index contributed by atoms with van der Waals surface area (Å²) in [5.74, 6) is 1.40. The van der Waals surface area contributed by atoms with Crippen molar-refractivity contribution in [1.29, 1.82) is 0 Å². The molecule has 4 rings (SSSR count). The molecule has 0 aromatic heterocycles. The average molecular weight is 393 g/mol. The van der Waals surface area contributed by atoms with Gasteiger partial charge in [-0.15, -0.1) is 0 Å². The third-order valence-corrected chi connectivity index (χ3v) is 5.13. The molecule has 6 heteroatoms. The summed E-state index contributed by atoms with van der Waals surface area (Å²) >= 11 is 0. The van der Waals surface area contributed by atoms with Crippen LogP contribution in [0.15, 0.2) is 70.6 Å². The Morgan fingerprint density at radius 2 is 1.17 bits per heavy atom. The van der Waals surface area contributed by atoms with Crippen LogP contribution in [0, 0.1) is 5.41 Å². The van der Waals surface area contributed by atoms with Crippen LogP contribution in [-0.4, -0.2) is 50.2 Å². The monoisotopic (exact) mass is 392 g/mol. The van der Waals surface area contributed by atoms with Crippen molar-refractivity contribution >= 4 is 23.2 Å². The highest BCUT2D eigenvalue weighted by atomic mass is 16.5. The molecule has 0 radical (unpaired) electrons. The fourth-order valence-electron chi connectivity index (χ4n) is 3.40. The number of hydrogen-bond acceptors (Lipinski definition) is 6. The minimum atomic E-state index is -0.469. The van der Waals surface area contributed by atoms with Gasteiger partial charge in [0.2, 0.25) is 0 Å². The van der Waals surface area contributed by atoms with Crippen molar-refractivity contribution in [2.75, 3.05) is 36.9 Å². The average Bonchev–Trinajstić information content (AvgIpc) is 3.43. The number of para-hydroxylation sites is 2. The van der Waals surface area contributed by atoms with Gasteiger partial charge in [0.1, 0.15) is 30.7 Å². The van der Waals surface area contributed by atoms with Gasteiger partial charge < -0.3 is 20.1 Å². The zero-order valence-electron chi connectivity index (χ0n) is 17.0. The first-order valence-corrected chi connectivity index (χ1v) is 10.1. The van der Waals surface area contributed by atoms with Gasteiger partial charge in [0, 0.05) is 24.5 Å². The number of nitrogens with one attached hydrogen (secondary N) is 2. The normalized spacial score (nSPS) is 21.0. The summed E-state index contributed by atoms with van der Waals surface area (Å²) < 4.78 is 11.9. The molecule has 2 aliphatic rings. The molecule has 0 fully saturated rings. The van der Waals surface area contributed by atoms with Crippen LogP contribution in [0.25, 0.3) is 0 Å². The fourth-order valence-corrected chi connectivity index (χ4v) is 3.40. The molecule has 2 N–H and O–H groups in total. The molecule has 0 saturated carbocycles. The number of anilines is 2. The largest absolute Gasteiger partial charge is 0.478 e. The van der Waals surface area contributed by atoms with Crippen LogP contribution in [0.3, 0.4) is 0 Å². The van der Waals surface area contributed by atoms with Crippen LogP contribution >= 0.6 is 0 Å². The maximum Gasteiger partial charge on any atom is 0.199 e. The molecule has 0 saturated heterocycles. The van der Waals surface area contributed by atoms with Crippen molar-refractivity contribution in [3.05, 3.63) is 60.7 Å². The van der Waals surface area contributed by atoms with E-state index >= 15 is 0 Å². The second-order valence-electron chi connectivity index (χ2n) is 7.92. The molecular formula is C23H28N4O2. The molecule has 2 aromatic carbocycles. The second kappa shape index (κ2) is 8.55. The van der Waals surface area contributed by atoms with Gasteiger partial charge in [-0.1, -0.05) is 36.4 Å². The molecule has 2 aromatic rings. The Kier molecular flexibility index (Phi) is 5.69. The molecule has 2 heterocycles. The van der Waals surface area contributed by atoms with Gasteiger partial charge >= 0.3 is 0 Å². The first-order chi connectivity index (χ1) is 14.1. The molecular weight excluding hydrogens is 364 g/mol. The SMILES string of the molecule is CC(C)(C1=N[C@H](CNc2ccccc2)CO1)C1=N[C@H](CNc2ccccc2)CO1. The van der Waals surface area contributed by atoms with E-state index in [1.165, 1.54) is 0 Å². The summed E-state index contributed by atoms with van der Waals surface area (Å²) in [5.41, 5.74) is 1.71. The van der Waals surface area contributed by atoms with Crippen molar-refractivity contribution in [3.8, 4) is 0 Å². The topological polar surface area (TPSA) is 67.2 Å². The molecule has 6 nitrogen and oxygen atoms in total. The van der Waals surface area contributed by atoms with Gasteiger partial charge in [-0.25, -0.2) is 9.98 Å². The van der Waals surface area contributed by atoms with E-state index in [1.54, 1.807) is 0 Å². The first-order valence-electron chi connectivity index (χ1n) is 10.1. The van der Waals surface area contributed by atoms with E-state index in [-0.39, 0.29) is 12.1 Å². The maximum absolute atomic E-state index is 5.93. The van der Waals surface area contributed by atoms with Crippen LogP contribution in [0.2, 0.25) is 0 Å². The van der Waals surface area contributed by atoms with Crippen molar-refractivity contribution in [2.24, 2.45) is 15.4 Å². The number of rotatable bonds is 8. The van der Waals surface area contributed by atoms with Crippen LogP contribution in [-0.2, 0) is 9.47 Å². The predicted molar refractivity (Wildman–Crippen MR) is 118 cm³/mol. The Balaban J connectivity index is 1.34. The quantitative estimate of drug-likeness (QED) is 0.716. The number of ether oxygens (including phenoxy) is 2. The summed E-state index contributed by atoms with van der Waals surface area (Å²) in [6.45, 7) is 6.74. The lowest BCUT2D eigenvalue weighted by molar-refractivity contribution is 0.266. The first kappa shape index (κ1) is 19.3. The standard InChI is InChI=1S/C23H28N4O2/c1-23(2,21-26-19(15-28-21)13-24-17-9-5-3-6-10-17)22-27-20(16-29-22)14-25-18-11-7-4-8-12-18/h3-12,19-20,24-25H,13-16H2,1-2H3/t19-,20-/m1/s1. The second-order valence-corrected chi connectivity index (χ2v) is 7.92. The van der Waals surface area contributed by atoms with Gasteiger partial charge in [-0.3, -0.25) is 0 Å². The molecule has 152 valence electrons. The van der Waals surface area contributed by atoms with Crippen LogP contribution in [0.5, 0.6) is 0 Å². The smallest absolute Gasteiger partial charge is 0.199 e. The number of benzene rings is 2. The molecule has 2 atom stereocenters. The molecule has 29 heavy (non-hydrogen) atoms. The fraction of sp³-hybridized carbons (Fsp3) is 0.391. The summed E-state index contributed by atoms with van der Waals surface area (Å²) in [6, 6.07) is 20.5. The van der Waals surface area contributed by atoms with Gasteiger partial charge in [-0.05, 0) is 38.1 Å².